The first-order chi connectivity index (χ1) is 9.96. The number of hydrogen-bond donors (Lipinski definition) is 2. The fourth-order valence-electron chi connectivity index (χ4n) is 2.75. The summed E-state index contributed by atoms with van der Waals surface area (Å²) < 4.78 is 0. The molecule has 0 spiro atoms. The molecule has 128 valence electrons. The summed E-state index contributed by atoms with van der Waals surface area (Å²) in [6.45, 7) is 13.1. The van der Waals surface area contributed by atoms with E-state index in [1.165, 1.54) is 0 Å². The molecule has 2 amide bonds. The normalized spacial score (nSPS) is 19.0. The molecule has 0 saturated carbocycles. The second kappa shape index (κ2) is 6.99. The first-order valence-electron chi connectivity index (χ1n) is 8.17. The molecule has 1 unspecified atom stereocenters. The highest BCUT2D eigenvalue weighted by Crippen LogP contribution is 2.34. The standard InChI is InChI=1S/C17H32N2O3/c1-16(2,3)12-7-9-19(10-8-12)14(21)13(11-20)18-15(22)17(4,5)6/h12-13,20H,7-11H2,1-6H3,(H,18,22). The molecule has 1 atom stereocenters. The van der Waals surface area contributed by atoms with Crippen LogP contribution >= 0.6 is 0 Å². The van der Waals surface area contributed by atoms with Crippen molar-refractivity contribution in [3.63, 3.8) is 0 Å². The first kappa shape index (κ1) is 18.9. The number of rotatable bonds is 3. The molecule has 1 fully saturated rings. The molecule has 1 aliphatic rings. The van der Waals surface area contributed by atoms with Crippen molar-refractivity contribution in [1.82, 2.24) is 10.2 Å². The number of amides is 2. The van der Waals surface area contributed by atoms with Gasteiger partial charge in [0.2, 0.25) is 11.8 Å². The Morgan fingerprint density at radius 3 is 2.00 bits per heavy atom. The van der Waals surface area contributed by atoms with Crippen LogP contribution in [0.15, 0.2) is 0 Å². The third kappa shape index (κ3) is 4.97. The number of nitrogens with zero attached hydrogens (tertiary/aromatic N) is 1. The predicted octanol–water partition coefficient (Wildman–Crippen LogP) is 1.79. The van der Waals surface area contributed by atoms with Gasteiger partial charge in [-0.05, 0) is 24.2 Å². The second-order valence-corrected chi connectivity index (χ2v) is 8.42. The summed E-state index contributed by atoms with van der Waals surface area (Å²) in [7, 11) is 0. The summed E-state index contributed by atoms with van der Waals surface area (Å²) in [5.74, 6) is 0.213. The van der Waals surface area contributed by atoms with E-state index in [1.807, 2.05) is 0 Å². The van der Waals surface area contributed by atoms with Crippen LogP contribution in [0.5, 0.6) is 0 Å². The van der Waals surface area contributed by atoms with Crippen molar-refractivity contribution in [2.75, 3.05) is 19.7 Å². The van der Waals surface area contributed by atoms with E-state index in [4.69, 9.17) is 0 Å². The van der Waals surface area contributed by atoms with Gasteiger partial charge in [-0.1, -0.05) is 41.5 Å². The lowest BCUT2D eigenvalue weighted by molar-refractivity contribution is -0.141. The quantitative estimate of drug-likeness (QED) is 0.835. The summed E-state index contributed by atoms with van der Waals surface area (Å²) in [6, 6.07) is -0.835. The molecule has 5 heteroatoms. The molecule has 1 saturated heterocycles. The minimum Gasteiger partial charge on any atom is -0.394 e. The van der Waals surface area contributed by atoms with E-state index >= 15 is 0 Å². The molecule has 5 nitrogen and oxygen atoms in total. The Balaban J connectivity index is 2.61. The highest BCUT2D eigenvalue weighted by Gasteiger charge is 2.34. The molecule has 1 rings (SSSR count). The molecule has 0 aromatic heterocycles. The van der Waals surface area contributed by atoms with Crippen molar-refractivity contribution in [3.05, 3.63) is 0 Å². The van der Waals surface area contributed by atoms with E-state index < -0.39 is 11.5 Å². The molecule has 0 aromatic rings. The highest BCUT2D eigenvalue weighted by atomic mass is 16.3. The topological polar surface area (TPSA) is 69.6 Å². The van der Waals surface area contributed by atoms with Gasteiger partial charge in [0.25, 0.3) is 0 Å². The van der Waals surface area contributed by atoms with Crippen LogP contribution in [0.2, 0.25) is 0 Å². The Morgan fingerprint density at radius 2 is 1.64 bits per heavy atom. The number of nitrogens with one attached hydrogen (secondary N) is 1. The van der Waals surface area contributed by atoms with Crippen molar-refractivity contribution in [3.8, 4) is 0 Å². The number of carbonyl (C=O) groups excluding carboxylic acids is 2. The fraction of sp³-hybridized carbons (Fsp3) is 0.882. The van der Waals surface area contributed by atoms with E-state index in [9.17, 15) is 14.7 Å². The smallest absolute Gasteiger partial charge is 0.247 e. The molecule has 22 heavy (non-hydrogen) atoms. The van der Waals surface area contributed by atoms with Gasteiger partial charge in [-0.15, -0.1) is 0 Å². The zero-order valence-corrected chi connectivity index (χ0v) is 14.9. The van der Waals surface area contributed by atoms with Crippen LogP contribution in [0, 0.1) is 16.7 Å². The van der Waals surface area contributed by atoms with Crippen molar-refractivity contribution < 1.29 is 14.7 Å². The first-order valence-corrected chi connectivity index (χ1v) is 8.17. The van der Waals surface area contributed by atoms with Gasteiger partial charge in [0, 0.05) is 18.5 Å². The van der Waals surface area contributed by atoms with Gasteiger partial charge in [-0.3, -0.25) is 9.59 Å². The van der Waals surface area contributed by atoms with E-state index in [1.54, 1.807) is 25.7 Å². The molecule has 0 aromatic carbocycles. The second-order valence-electron chi connectivity index (χ2n) is 8.42. The van der Waals surface area contributed by atoms with Crippen LogP contribution in [0.1, 0.15) is 54.4 Å². The van der Waals surface area contributed by atoms with Crippen LogP contribution in [-0.2, 0) is 9.59 Å². The number of aliphatic hydroxyl groups is 1. The zero-order valence-electron chi connectivity index (χ0n) is 14.9. The van der Waals surface area contributed by atoms with Gasteiger partial charge >= 0.3 is 0 Å². The van der Waals surface area contributed by atoms with E-state index in [2.05, 4.69) is 26.1 Å². The highest BCUT2D eigenvalue weighted by molar-refractivity contribution is 5.89. The maximum atomic E-state index is 12.5. The monoisotopic (exact) mass is 312 g/mol. The number of carbonyl (C=O) groups is 2. The Bertz CT molecular complexity index is 399. The SMILES string of the molecule is CC(C)(C)C(=O)NC(CO)C(=O)N1CCC(C(C)(C)C)CC1. The average molecular weight is 312 g/mol. The van der Waals surface area contributed by atoms with Gasteiger partial charge in [-0.2, -0.15) is 0 Å². The zero-order chi connectivity index (χ0) is 17.1. The molecule has 2 N–H and O–H groups in total. The van der Waals surface area contributed by atoms with Crippen molar-refractivity contribution in [2.45, 2.75) is 60.4 Å². The molecule has 0 bridgehead atoms. The molecular formula is C17H32N2O3. The van der Waals surface area contributed by atoms with Crippen molar-refractivity contribution >= 4 is 11.8 Å². The minimum atomic E-state index is -0.835. The summed E-state index contributed by atoms with van der Waals surface area (Å²) in [5.41, 5.74) is -0.321. The number of aliphatic hydroxyl groups excluding tert-OH is 1. The van der Waals surface area contributed by atoms with Gasteiger partial charge in [-0.25, -0.2) is 0 Å². The lowest BCUT2D eigenvalue weighted by Crippen LogP contribution is -2.54. The van der Waals surface area contributed by atoms with Crippen molar-refractivity contribution in [1.29, 1.82) is 0 Å². The van der Waals surface area contributed by atoms with Crippen molar-refractivity contribution in [2.24, 2.45) is 16.7 Å². The maximum absolute atomic E-state index is 12.5. The summed E-state index contributed by atoms with van der Waals surface area (Å²) in [4.78, 5) is 26.3. The van der Waals surface area contributed by atoms with Gasteiger partial charge < -0.3 is 15.3 Å². The third-order valence-electron chi connectivity index (χ3n) is 4.50. The van der Waals surface area contributed by atoms with Crippen LogP contribution in [0.3, 0.4) is 0 Å². The largest absolute Gasteiger partial charge is 0.394 e. The predicted molar refractivity (Wildman–Crippen MR) is 87.2 cm³/mol. The van der Waals surface area contributed by atoms with E-state index in [0.717, 1.165) is 12.8 Å². The van der Waals surface area contributed by atoms with Gasteiger partial charge in [0.1, 0.15) is 6.04 Å². The summed E-state index contributed by atoms with van der Waals surface area (Å²) in [5, 5.41) is 12.1. The number of piperidine rings is 1. The Morgan fingerprint density at radius 1 is 1.14 bits per heavy atom. The molecule has 0 aliphatic carbocycles. The van der Waals surface area contributed by atoms with Crippen LogP contribution in [0.4, 0.5) is 0 Å². The third-order valence-corrected chi connectivity index (χ3v) is 4.50. The molecular weight excluding hydrogens is 280 g/mol. The Kier molecular flexibility index (Phi) is 6.02. The summed E-state index contributed by atoms with van der Waals surface area (Å²) in [6.07, 6.45) is 1.95. The molecule has 1 aliphatic heterocycles. The summed E-state index contributed by atoms with van der Waals surface area (Å²) >= 11 is 0. The minimum absolute atomic E-state index is 0.174. The molecule has 1 heterocycles. The van der Waals surface area contributed by atoms with E-state index in [0.29, 0.717) is 19.0 Å². The van der Waals surface area contributed by atoms with Crippen LogP contribution in [-0.4, -0.2) is 47.6 Å². The average Bonchev–Trinajstić information content (AvgIpc) is 2.41. The number of hydrogen-bond acceptors (Lipinski definition) is 3. The van der Waals surface area contributed by atoms with Gasteiger partial charge in [0.15, 0.2) is 0 Å². The maximum Gasteiger partial charge on any atom is 0.247 e. The van der Waals surface area contributed by atoms with Gasteiger partial charge in [0.05, 0.1) is 6.61 Å². The molecule has 0 radical (unpaired) electrons. The lowest BCUT2D eigenvalue weighted by atomic mass is 9.75. The Labute approximate surface area is 134 Å². The number of likely N-dealkylation sites (tertiary alicyclic amines) is 1. The van der Waals surface area contributed by atoms with Crippen LogP contribution in [0.25, 0.3) is 0 Å². The Hall–Kier alpha value is -1.10. The lowest BCUT2D eigenvalue weighted by Gasteiger charge is -2.39. The fourth-order valence-corrected chi connectivity index (χ4v) is 2.75. The van der Waals surface area contributed by atoms with Crippen LogP contribution < -0.4 is 5.32 Å². The van der Waals surface area contributed by atoms with E-state index in [-0.39, 0.29) is 23.8 Å².